The van der Waals surface area contributed by atoms with E-state index in [1.165, 1.54) is 11.3 Å². The number of ether oxygens (including phenoxy) is 1. The predicted octanol–water partition coefficient (Wildman–Crippen LogP) is 2.60. The van der Waals surface area contributed by atoms with Crippen LogP contribution in [0.25, 0.3) is 0 Å². The molecule has 0 spiro atoms. The van der Waals surface area contributed by atoms with E-state index < -0.39 is 0 Å². The van der Waals surface area contributed by atoms with Gasteiger partial charge >= 0.3 is 5.97 Å². The summed E-state index contributed by atoms with van der Waals surface area (Å²) in [7, 11) is 1.79. The molecule has 2 aromatic heterocycles. The fourth-order valence-corrected chi connectivity index (χ4v) is 2.95. The number of amides is 1. The van der Waals surface area contributed by atoms with E-state index >= 15 is 0 Å². The molecule has 0 saturated carbocycles. The van der Waals surface area contributed by atoms with Crippen molar-refractivity contribution in [1.29, 1.82) is 0 Å². The molecule has 2 aromatic rings. The minimum absolute atomic E-state index is 0.107. The summed E-state index contributed by atoms with van der Waals surface area (Å²) in [5.41, 5.74) is 1.10. The van der Waals surface area contributed by atoms with Crippen molar-refractivity contribution in [3.05, 3.63) is 33.5 Å². The van der Waals surface area contributed by atoms with Gasteiger partial charge in [0.15, 0.2) is 5.13 Å². The van der Waals surface area contributed by atoms with Gasteiger partial charge < -0.3 is 9.30 Å². The van der Waals surface area contributed by atoms with Gasteiger partial charge in [-0.1, -0.05) is 0 Å². The lowest BCUT2D eigenvalue weighted by Gasteiger charge is -2.02. The van der Waals surface area contributed by atoms with E-state index in [2.05, 4.69) is 26.2 Å². The van der Waals surface area contributed by atoms with E-state index in [1.54, 1.807) is 36.2 Å². The molecule has 0 aliphatic carbocycles. The number of aryl methyl sites for hydroxylation is 1. The zero-order valence-electron chi connectivity index (χ0n) is 11.6. The van der Waals surface area contributed by atoms with Crippen LogP contribution in [-0.4, -0.2) is 28.0 Å². The number of hydrogen-bond acceptors (Lipinski definition) is 5. The van der Waals surface area contributed by atoms with Gasteiger partial charge in [0.05, 0.1) is 18.7 Å². The number of carbonyl (C=O) groups excluding carboxylic acids is 2. The van der Waals surface area contributed by atoms with Gasteiger partial charge in [0.2, 0.25) is 0 Å². The van der Waals surface area contributed by atoms with Crippen LogP contribution in [0, 0.1) is 0 Å². The molecule has 6 nitrogen and oxygen atoms in total. The standard InChI is InChI=1S/C13H14BrN3O3S/c1-3-20-11(18)5-9-7-21-13(15-9)16-12(19)10-4-8(14)6-17(10)2/h4,6-7H,3,5H2,1-2H3,(H,15,16,19). The molecule has 8 heteroatoms. The molecule has 1 amide bonds. The number of carbonyl (C=O) groups is 2. The maximum absolute atomic E-state index is 12.1. The number of hydrogen-bond donors (Lipinski definition) is 1. The van der Waals surface area contributed by atoms with E-state index in [0.717, 1.165) is 4.47 Å². The van der Waals surface area contributed by atoms with E-state index in [1.807, 2.05) is 0 Å². The van der Waals surface area contributed by atoms with Crippen molar-refractivity contribution in [3.8, 4) is 0 Å². The SMILES string of the molecule is CCOC(=O)Cc1csc(NC(=O)c2cc(Br)cn2C)n1. The summed E-state index contributed by atoms with van der Waals surface area (Å²) in [6, 6.07) is 1.72. The zero-order chi connectivity index (χ0) is 15.4. The first-order valence-electron chi connectivity index (χ1n) is 6.23. The van der Waals surface area contributed by atoms with Crippen molar-refractivity contribution >= 4 is 44.3 Å². The summed E-state index contributed by atoms with van der Waals surface area (Å²) in [5.74, 6) is -0.577. The molecular formula is C13H14BrN3O3S. The number of halogens is 1. The molecule has 1 N–H and O–H groups in total. The van der Waals surface area contributed by atoms with E-state index in [9.17, 15) is 9.59 Å². The molecule has 0 bridgehead atoms. The third-order valence-electron chi connectivity index (χ3n) is 2.61. The van der Waals surface area contributed by atoms with Crippen LogP contribution in [0.5, 0.6) is 0 Å². The lowest BCUT2D eigenvalue weighted by Crippen LogP contribution is -2.15. The maximum atomic E-state index is 12.1. The van der Waals surface area contributed by atoms with Crippen LogP contribution in [0.3, 0.4) is 0 Å². The third-order valence-corrected chi connectivity index (χ3v) is 3.85. The van der Waals surface area contributed by atoms with Crippen LogP contribution >= 0.6 is 27.3 Å². The highest BCUT2D eigenvalue weighted by atomic mass is 79.9. The van der Waals surface area contributed by atoms with Crippen LogP contribution in [-0.2, 0) is 23.0 Å². The average molecular weight is 372 g/mol. The quantitative estimate of drug-likeness (QED) is 0.819. The fraction of sp³-hybridized carbons (Fsp3) is 0.308. The van der Waals surface area contributed by atoms with Crippen molar-refractivity contribution in [3.63, 3.8) is 0 Å². The molecule has 2 rings (SSSR count). The molecule has 0 aromatic carbocycles. The summed E-state index contributed by atoms with van der Waals surface area (Å²) in [6.45, 7) is 2.09. The van der Waals surface area contributed by atoms with Crippen LogP contribution in [0.4, 0.5) is 5.13 Å². The average Bonchev–Trinajstić information content (AvgIpc) is 2.96. The van der Waals surface area contributed by atoms with Gasteiger partial charge in [-0.15, -0.1) is 11.3 Å². The molecule has 21 heavy (non-hydrogen) atoms. The zero-order valence-corrected chi connectivity index (χ0v) is 14.0. The Morgan fingerprint density at radius 3 is 2.90 bits per heavy atom. The fourth-order valence-electron chi connectivity index (χ4n) is 1.72. The Morgan fingerprint density at radius 2 is 2.29 bits per heavy atom. The molecule has 0 atom stereocenters. The largest absolute Gasteiger partial charge is 0.466 e. The highest BCUT2D eigenvalue weighted by Crippen LogP contribution is 2.19. The molecule has 2 heterocycles. The van der Waals surface area contributed by atoms with Crippen LogP contribution in [0.1, 0.15) is 23.1 Å². The smallest absolute Gasteiger partial charge is 0.311 e. The second kappa shape index (κ2) is 6.86. The first-order chi connectivity index (χ1) is 9.99. The molecule has 0 aliphatic rings. The number of anilines is 1. The molecule has 0 saturated heterocycles. The Kier molecular flexibility index (Phi) is 5.13. The molecule has 0 unspecified atom stereocenters. The van der Waals surface area contributed by atoms with Gasteiger partial charge in [0.25, 0.3) is 5.91 Å². The lowest BCUT2D eigenvalue weighted by molar-refractivity contribution is -0.142. The van der Waals surface area contributed by atoms with E-state index in [0.29, 0.717) is 23.1 Å². The summed E-state index contributed by atoms with van der Waals surface area (Å²) in [6.07, 6.45) is 1.90. The summed E-state index contributed by atoms with van der Waals surface area (Å²) in [4.78, 5) is 27.7. The predicted molar refractivity (Wildman–Crippen MR) is 83.5 cm³/mol. The van der Waals surface area contributed by atoms with Gasteiger partial charge in [-0.25, -0.2) is 4.98 Å². The Hall–Kier alpha value is -1.67. The van der Waals surface area contributed by atoms with Gasteiger partial charge in [-0.05, 0) is 28.9 Å². The molecule has 0 fully saturated rings. The monoisotopic (exact) mass is 371 g/mol. The third kappa shape index (κ3) is 4.15. The second-order valence-corrected chi connectivity index (χ2v) is 6.01. The van der Waals surface area contributed by atoms with E-state index in [4.69, 9.17) is 4.74 Å². The van der Waals surface area contributed by atoms with Crippen LogP contribution in [0.2, 0.25) is 0 Å². The van der Waals surface area contributed by atoms with Gasteiger partial charge in [0.1, 0.15) is 5.69 Å². The van der Waals surface area contributed by atoms with E-state index in [-0.39, 0.29) is 18.3 Å². The number of nitrogens with zero attached hydrogens (tertiary/aromatic N) is 2. The molecule has 0 radical (unpaired) electrons. The van der Waals surface area contributed by atoms with Crippen LogP contribution < -0.4 is 5.32 Å². The van der Waals surface area contributed by atoms with Crippen molar-refractivity contribution in [2.45, 2.75) is 13.3 Å². The summed E-state index contributed by atoms with van der Waals surface area (Å²) >= 11 is 4.59. The first-order valence-corrected chi connectivity index (χ1v) is 7.90. The van der Waals surface area contributed by atoms with Crippen molar-refractivity contribution in [2.24, 2.45) is 7.05 Å². The minimum atomic E-state index is -0.327. The van der Waals surface area contributed by atoms with Crippen molar-refractivity contribution in [2.75, 3.05) is 11.9 Å². The number of aromatic nitrogens is 2. The Bertz CT molecular complexity index is 665. The molecular weight excluding hydrogens is 358 g/mol. The Balaban J connectivity index is 2.00. The lowest BCUT2D eigenvalue weighted by atomic mass is 10.3. The Labute approximate surface area is 134 Å². The van der Waals surface area contributed by atoms with Gasteiger partial charge in [-0.3, -0.25) is 14.9 Å². The number of esters is 1. The van der Waals surface area contributed by atoms with Crippen molar-refractivity contribution < 1.29 is 14.3 Å². The van der Waals surface area contributed by atoms with Crippen LogP contribution in [0.15, 0.2) is 22.1 Å². The van der Waals surface area contributed by atoms with Gasteiger partial charge in [-0.2, -0.15) is 0 Å². The number of thiazole rings is 1. The molecule has 0 aliphatic heterocycles. The number of rotatable bonds is 5. The van der Waals surface area contributed by atoms with Crippen molar-refractivity contribution in [1.82, 2.24) is 9.55 Å². The first kappa shape index (κ1) is 15.7. The van der Waals surface area contributed by atoms with Gasteiger partial charge in [0, 0.05) is 23.1 Å². The Morgan fingerprint density at radius 1 is 1.52 bits per heavy atom. The maximum Gasteiger partial charge on any atom is 0.311 e. The summed E-state index contributed by atoms with van der Waals surface area (Å²) < 4.78 is 7.40. The minimum Gasteiger partial charge on any atom is -0.466 e. The molecule has 112 valence electrons. The normalized spacial score (nSPS) is 10.4. The topological polar surface area (TPSA) is 73.2 Å². The highest BCUT2D eigenvalue weighted by Gasteiger charge is 2.14. The summed E-state index contributed by atoms with van der Waals surface area (Å²) in [5, 5.41) is 4.90. The number of nitrogens with one attached hydrogen (secondary N) is 1. The highest BCUT2D eigenvalue weighted by molar-refractivity contribution is 9.10. The second-order valence-electron chi connectivity index (χ2n) is 4.23.